The lowest BCUT2D eigenvalue weighted by molar-refractivity contribution is -0.118. The lowest BCUT2D eigenvalue weighted by atomic mass is 10.1. The van der Waals surface area contributed by atoms with Gasteiger partial charge in [0.1, 0.15) is 5.75 Å². The Morgan fingerprint density at radius 3 is 2.45 bits per heavy atom. The third-order valence-electron chi connectivity index (χ3n) is 3.21. The first-order valence-corrected chi connectivity index (χ1v) is 8.93. The van der Waals surface area contributed by atoms with Gasteiger partial charge < -0.3 is 10.6 Å². The number of likely N-dealkylation sites (N-methyl/N-ethyl adjacent to an activating group) is 1. The standard InChI is InChI=1S/C15H24N2O3S.ClH/c1-13(16-2)11-17-15(18)12-21(19,20)10-6-9-14-7-4-3-5-8-14;/h3-5,7-8,13,16H,6,9-12H2,1-2H3,(H,17,18);1H. The molecule has 1 unspecified atom stereocenters. The van der Waals surface area contributed by atoms with E-state index < -0.39 is 21.5 Å². The number of sulfone groups is 1. The summed E-state index contributed by atoms with van der Waals surface area (Å²) in [6.45, 7) is 2.34. The summed E-state index contributed by atoms with van der Waals surface area (Å²) in [6.07, 6.45) is 1.24. The van der Waals surface area contributed by atoms with Gasteiger partial charge in [0.2, 0.25) is 5.91 Å². The van der Waals surface area contributed by atoms with E-state index >= 15 is 0 Å². The van der Waals surface area contributed by atoms with E-state index in [-0.39, 0.29) is 24.2 Å². The van der Waals surface area contributed by atoms with Crippen LogP contribution >= 0.6 is 12.4 Å². The second-order valence-corrected chi connectivity index (χ2v) is 7.36. The number of amides is 1. The number of nitrogens with one attached hydrogen (secondary N) is 2. The Kier molecular flexibility index (Phi) is 10.1. The highest BCUT2D eigenvalue weighted by Gasteiger charge is 2.16. The molecule has 0 fully saturated rings. The summed E-state index contributed by atoms with van der Waals surface area (Å²) in [5.41, 5.74) is 1.11. The van der Waals surface area contributed by atoms with Crippen molar-refractivity contribution in [3.8, 4) is 0 Å². The SMILES string of the molecule is CNC(C)CNC(=O)CS(=O)(=O)CCCc1ccccc1.Cl. The minimum atomic E-state index is -3.34. The molecule has 126 valence electrons. The number of hydrogen-bond donors (Lipinski definition) is 2. The number of hydrogen-bond acceptors (Lipinski definition) is 4. The highest BCUT2D eigenvalue weighted by atomic mass is 35.5. The van der Waals surface area contributed by atoms with Crippen LogP contribution in [-0.2, 0) is 21.1 Å². The zero-order chi connectivity index (χ0) is 15.7. The molecule has 1 aromatic rings. The number of rotatable bonds is 9. The van der Waals surface area contributed by atoms with Crippen LogP contribution in [-0.4, -0.2) is 45.5 Å². The van der Waals surface area contributed by atoms with Gasteiger partial charge in [0.05, 0.1) is 5.75 Å². The molecule has 0 saturated carbocycles. The topological polar surface area (TPSA) is 75.3 Å². The van der Waals surface area contributed by atoms with Crippen LogP contribution < -0.4 is 10.6 Å². The van der Waals surface area contributed by atoms with Crippen LogP contribution in [0.5, 0.6) is 0 Å². The molecule has 1 aromatic carbocycles. The maximum Gasteiger partial charge on any atom is 0.235 e. The predicted octanol–water partition coefficient (Wildman–Crippen LogP) is 1.18. The summed E-state index contributed by atoms with van der Waals surface area (Å²) in [7, 11) is -1.55. The van der Waals surface area contributed by atoms with Gasteiger partial charge in [-0.25, -0.2) is 8.42 Å². The lowest BCUT2D eigenvalue weighted by Crippen LogP contribution is -2.39. The van der Waals surface area contributed by atoms with Crippen LogP contribution in [0, 0.1) is 0 Å². The summed E-state index contributed by atoms with van der Waals surface area (Å²) in [4.78, 5) is 11.6. The molecule has 0 aliphatic rings. The Morgan fingerprint density at radius 1 is 1.23 bits per heavy atom. The van der Waals surface area contributed by atoms with Gasteiger partial charge in [0.25, 0.3) is 0 Å². The summed E-state index contributed by atoms with van der Waals surface area (Å²) in [5.74, 6) is -0.827. The van der Waals surface area contributed by atoms with Gasteiger partial charge in [-0.3, -0.25) is 4.79 Å². The summed E-state index contributed by atoms with van der Waals surface area (Å²) < 4.78 is 23.7. The minimum Gasteiger partial charge on any atom is -0.354 e. The molecule has 0 saturated heterocycles. The Labute approximate surface area is 139 Å². The first-order valence-electron chi connectivity index (χ1n) is 7.11. The van der Waals surface area contributed by atoms with E-state index in [4.69, 9.17) is 0 Å². The lowest BCUT2D eigenvalue weighted by Gasteiger charge is -2.11. The molecule has 1 atom stereocenters. The fourth-order valence-corrected chi connectivity index (χ4v) is 3.06. The van der Waals surface area contributed by atoms with Gasteiger partial charge in [-0.1, -0.05) is 30.3 Å². The van der Waals surface area contributed by atoms with Crippen molar-refractivity contribution >= 4 is 28.2 Å². The summed E-state index contributed by atoms with van der Waals surface area (Å²) in [6, 6.07) is 9.85. The number of halogens is 1. The zero-order valence-corrected chi connectivity index (χ0v) is 14.7. The van der Waals surface area contributed by atoms with Crippen LogP contribution in [0.25, 0.3) is 0 Å². The maximum absolute atomic E-state index is 11.9. The van der Waals surface area contributed by atoms with E-state index in [0.717, 1.165) is 5.56 Å². The smallest absolute Gasteiger partial charge is 0.235 e. The zero-order valence-electron chi connectivity index (χ0n) is 13.0. The molecular formula is C15H25ClN2O3S. The van der Waals surface area contributed by atoms with Crippen LogP contribution in [0.15, 0.2) is 30.3 Å². The highest BCUT2D eigenvalue weighted by Crippen LogP contribution is 2.04. The van der Waals surface area contributed by atoms with Crippen molar-refractivity contribution in [2.24, 2.45) is 0 Å². The van der Waals surface area contributed by atoms with Gasteiger partial charge >= 0.3 is 0 Å². The number of carbonyl (C=O) groups is 1. The fraction of sp³-hybridized carbons (Fsp3) is 0.533. The van der Waals surface area contributed by atoms with Crippen molar-refractivity contribution in [1.29, 1.82) is 0 Å². The summed E-state index contributed by atoms with van der Waals surface area (Å²) >= 11 is 0. The largest absolute Gasteiger partial charge is 0.354 e. The third kappa shape index (κ3) is 9.02. The molecule has 0 spiro atoms. The molecule has 0 aromatic heterocycles. The molecule has 1 amide bonds. The molecule has 1 rings (SSSR count). The maximum atomic E-state index is 11.9. The summed E-state index contributed by atoms with van der Waals surface area (Å²) in [5, 5.41) is 5.59. The Morgan fingerprint density at radius 2 is 1.86 bits per heavy atom. The van der Waals surface area contributed by atoms with Crippen molar-refractivity contribution in [2.75, 3.05) is 25.1 Å². The van der Waals surface area contributed by atoms with Crippen molar-refractivity contribution < 1.29 is 13.2 Å². The van der Waals surface area contributed by atoms with Crippen molar-refractivity contribution in [3.63, 3.8) is 0 Å². The first-order chi connectivity index (χ1) is 9.93. The van der Waals surface area contributed by atoms with Crippen LogP contribution in [0.3, 0.4) is 0 Å². The Bertz CT molecular complexity index is 535. The third-order valence-corrected chi connectivity index (χ3v) is 4.83. The van der Waals surface area contributed by atoms with Crippen molar-refractivity contribution in [3.05, 3.63) is 35.9 Å². The van der Waals surface area contributed by atoms with Gasteiger partial charge in [-0.15, -0.1) is 12.4 Å². The number of aryl methyl sites for hydroxylation is 1. The van der Waals surface area contributed by atoms with Crippen LogP contribution in [0.4, 0.5) is 0 Å². The highest BCUT2D eigenvalue weighted by molar-refractivity contribution is 7.92. The monoisotopic (exact) mass is 348 g/mol. The van der Waals surface area contributed by atoms with Crippen LogP contribution in [0.2, 0.25) is 0 Å². The van der Waals surface area contributed by atoms with Gasteiger partial charge in [-0.2, -0.15) is 0 Å². The van der Waals surface area contributed by atoms with E-state index in [1.54, 1.807) is 7.05 Å². The number of benzene rings is 1. The Balaban J connectivity index is 0.00000441. The van der Waals surface area contributed by atoms with Crippen molar-refractivity contribution in [1.82, 2.24) is 10.6 Å². The van der Waals surface area contributed by atoms with E-state index in [1.165, 1.54) is 0 Å². The van der Waals surface area contributed by atoms with Crippen LogP contribution in [0.1, 0.15) is 18.9 Å². The van der Waals surface area contributed by atoms with E-state index in [1.807, 2.05) is 37.3 Å². The fourth-order valence-electron chi connectivity index (χ4n) is 1.83. The predicted molar refractivity (Wildman–Crippen MR) is 92.2 cm³/mol. The quantitative estimate of drug-likeness (QED) is 0.702. The minimum absolute atomic E-state index is 0. The molecule has 0 bridgehead atoms. The van der Waals surface area contributed by atoms with Gasteiger partial charge in [0.15, 0.2) is 9.84 Å². The normalized spacial score (nSPS) is 12.3. The first kappa shape index (κ1) is 20.9. The molecule has 0 radical (unpaired) electrons. The van der Waals surface area contributed by atoms with E-state index in [0.29, 0.717) is 19.4 Å². The average molecular weight is 349 g/mol. The average Bonchev–Trinajstić information content (AvgIpc) is 2.45. The molecular weight excluding hydrogens is 324 g/mol. The molecule has 0 aliphatic carbocycles. The van der Waals surface area contributed by atoms with Gasteiger partial charge in [-0.05, 0) is 32.4 Å². The van der Waals surface area contributed by atoms with E-state index in [9.17, 15) is 13.2 Å². The van der Waals surface area contributed by atoms with E-state index in [2.05, 4.69) is 10.6 Å². The molecule has 5 nitrogen and oxygen atoms in total. The molecule has 0 heterocycles. The Hall–Kier alpha value is -1.11. The second kappa shape index (κ2) is 10.6. The number of carbonyl (C=O) groups excluding carboxylic acids is 1. The molecule has 2 N–H and O–H groups in total. The van der Waals surface area contributed by atoms with Gasteiger partial charge in [0, 0.05) is 12.6 Å². The second-order valence-electron chi connectivity index (χ2n) is 5.17. The van der Waals surface area contributed by atoms with Crippen molar-refractivity contribution in [2.45, 2.75) is 25.8 Å². The molecule has 7 heteroatoms. The molecule has 0 aliphatic heterocycles. The molecule has 22 heavy (non-hydrogen) atoms.